The Morgan fingerprint density at radius 2 is 2.07 bits per heavy atom. The number of esters is 1. The maximum absolute atomic E-state index is 12.8. The number of imidazole rings is 1. The fourth-order valence-corrected chi connectivity index (χ4v) is 4.47. The van der Waals surface area contributed by atoms with Crippen LogP contribution in [-0.2, 0) is 37.4 Å². The Hall–Kier alpha value is -2.23. The predicted molar refractivity (Wildman–Crippen MR) is 99.6 cm³/mol. The number of carbonyl (C=O) groups is 1. The molecule has 1 aromatic heterocycles. The van der Waals surface area contributed by atoms with Gasteiger partial charge in [-0.3, -0.25) is 0 Å². The molecular formula is C18H23N3O5S. The van der Waals surface area contributed by atoms with Crippen molar-refractivity contribution in [2.75, 3.05) is 26.3 Å². The maximum Gasteiger partial charge on any atom is 0.330 e. The van der Waals surface area contributed by atoms with Gasteiger partial charge in [-0.15, -0.1) is 0 Å². The third-order valence-corrected chi connectivity index (χ3v) is 6.26. The van der Waals surface area contributed by atoms with Gasteiger partial charge in [-0.05, 0) is 32.0 Å². The zero-order chi connectivity index (χ0) is 19.4. The number of sulfonamides is 1. The first kappa shape index (κ1) is 19.5. The Kier molecular flexibility index (Phi) is 5.93. The molecule has 8 nitrogen and oxygen atoms in total. The van der Waals surface area contributed by atoms with Gasteiger partial charge in [0.15, 0.2) is 0 Å². The molecule has 0 aliphatic carbocycles. The first-order chi connectivity index (χ1) is 13.0. The Balaban J connectivity index is 1.92. The van der Waals surface area contributed by atoms with Gasteiger partial charge in [-0.1, -0.05) is 6.08 Å². The molecule has 3 rings (SSSR count). The highest BCUT2D eigenvalue weighted by Gasteiger charge is 2.27. The molecule has 1 fully saturated rings. The highest BCUT2D eigenvalue weighted by molar-refractivity contribution is 7.89. The van der Waals surface area contributed by atoms with Crippen molar-refractivity contribution in [3.63, 3.8) is 0 Å². The van der Waals surface area contributed by atoms with Crippen molar-refractivity contribution in [2.24, 2.45) is 0 Å². The highest BCUT2D eigenvalue weighted by Crippen LogP contribution is 2.24. The summed E-state index contributed by atoms with van der Waals surface area (Å²) < 4.78 is 39.4. The molecule has 1 saturated heterocycles. The Labute approximate surface area is 158 Å². The van der Waals surface area contributed by atoms with Gasteiger partial charge in [0.05, 0.1) is 29.1 Å². The lowest BCUT2D eigenvalue weighted by molar-refractivity contribution is -0.139. The second-order valence-corrected chi connectivity index (χ2v) is 7.98. The number of fused-ring (bicyclic) bond motifs is 1. The van der Waals surface area contributed by atoms with E-state index in [0.29, 0.717) is 44.2 Å². The van der Waals surface area contributed by atoms with Gasteiger partial charge in [-0.2, -0.15) is 4.31 Å². The van der Waals surface area contributed by atoms with E-state index in [1.54, 1.807) is 31.2 Å². The molecule has 27 heavy (non-hydrogen) atoms. The largest absolute Gasteiger partial charge is 0.454 e. The lowest BCUT2D eigenvalue weighted by atomic mass is 10.3. The molecule has 146 valence electrons. The first-order valence-electron chi connectivity index (χ1n) is 8.84. The van der Waals surface area contributed by atoms with Gasteiger partial charge in [0, 0.05) is 25.7 Å². The summed E-state index contributed by atoms with van der Waals surface area (Å²) in [6, 6.07) is 4.91. The van der Waals surface area contributed by atoms with Gasteiger partial charge < -0.3 is 14.0 Å². The molecular weight excluding hydrogens is 370 g/mol. The van der Waals surface area contributed by atoms with E-state index in [1.165, 1.54) is 10.4 Å². The average molecular weight is 393 g/mol. The van der Waals surface area contributed by atoms with E-state index in [4.69, 9.17) is 9.47 Å². The summed E-state index contributed by atoms with van der Waals surface area (Å²) in [6.07, 6.45) is 2.94. The number of rotatable bonds is 6. The third-order valence-electron chi connectivity index (χ3n) is 4.37. The smallest absolute Gasteiger partial charge is 0.330 e. The molecule has 0 N–H and O–H groups in total. The van der Waals surface area contributed by atoms with Gasteiger partial charge in [0.2, 0.25) is 10.0 Å². The van der Waals surface area contributed by atoms with Crippen LogP contribution < -0.4 is 0 Å². The number of allylic oxidation sites excluding steroid dienone is 1. The highest BCUT2D eigenvalue weighted by atomic mass is 32.2. The summed E-state index contributed by atoms with van der Waals surface area (Å²) in [6.45, 7) is 5.82. The van der Waals surface area contributed by atoms with E-state index in [-0.39, 0.29) is 11.5 Å². The molecule has 1 aliphatic rings. The maximum atomic E-state index is 12.8. The number of ether oxygens (including phenoxy) is 2. The Morgan fingerprint density at radius 1 is 1.33 bits per heavy atom. The molecule has 0 radical (unpaired) electrons. The lowest BCUT2D eigenvalue weighted by Crippen LogP contribution is -2.40. The minimum Gasteiger partial charge on any atom is -0.454 e. The second kappa shape index (κ2) is 8.20. The van der Waals surface area contributed by atoms with E-state index in [0.717, 1.165) is 5.52 Å². The van der Waals surface area contributed by atoms with Crippen LogP contribution in [0.3, 0.4) is 0 Å². The summed E-state index contributed by atoms with van der Waals surface area (Å²) in [7, 11) is -3.59. The zero-order valence-corrected chi connectivity index (χ0v) is 16.2. The fraction of sp³-hybridized carbons (Fsp3) is 0.444. The number of benzene rings is 1. The van der Waals surface area contributed by atoms with Crippen LogP contribution >= 0.6 is 0 Å². The standard InChI is InChI=1S/C18H23N3O5S/c1-3-5-18(22)26-13-17-19-15-12-14(6-7-16(15)21(17)4-2)27(23,24)20-8-10-25-11-9-20/h3,5-7,12H,4,8-11,13H2,1-2H3/b5-3+. The van der Waals surface area contributed by atoms with Crippen LogP contribution in [0.15, 0.2) is 35.2 Å². The monoisotopic (exact) mass is 393 g/mol. The molecule has 0 spiro atoms. The van der Waals surface area contributed by atoms with Crippen molar-refractivity contribution in [2.45, 2.75) is 31.9 Å². The number of aromatic nitrogens is 2. The van der Waals surface area contributed by atoms with Crippen molar-refractivity contribution in [1.29, 1.82) is 0 Å². The summed E-state index contributed by atoms with van der Waals surface area (Å²) in [5.74, 6) is 0.133. The normalized spacial score (nSPS) is 16.2. The topological polar surface area (TPSA) is 90.7 Å². The third kappa shape index (κ3) is 4.05. The van der Waals surface area contributed by atoms with Crippen LogP contribution in [0.1, 0.15) is 19.7 Å². The van der Waals surface area contributed by atoms with Crippen molar-refractivity contribution in [3.05, 3.63) is 36.2 Å². The van der Waals surface area contributed by atoms with Crippen molar-refractivity contribution >= 4 is 27.0 Å². The summed E-state index contributed by atoms with van der Waals surface area (Å²) in [5.41, 5.74) is 1.36. The van der Waals surface area contributed by atoms with Crippen LogP contribution in [0, 0.1) is 0 Å². The van der Waals surface area contributed by atoms with Crippen LogP contribution in [0.5, 0.6) is 0 Å². The van der Waals surface area contributed by atoms with Crippen LogP contribution in [-0.4, -0.2) is 54.5 Å². The second-order valence-electron chi connectivity index (χ2n) is 6.05. The quantitative estimate of drug-likeness (QED) is 0.548. The number of aryl methyl sites for hydroxylation is 1. The number of hydrogen-bond donors (Lipinski definition) is 0. The molecule has 9 heteroatoms. The minimum absolute atomic E-state index is 0.0250. The van der Waals surface area contributed by atoms with E-state index >= 15 is 0 Å². The number of hydrogen-bond acceptors (Lipinski definition) is 6. The average Bonchev–Trinajstić information content (AvgIpc) is 3.04. The van der Waals surface area contributed by atoms with Gasteiger partial charge in [0.25, 0.3) is 0 Å². The molecule has 0 amide bonds. The van der Waals surface area contributed by atoms with E-state index in [9.17, 15) is 13.2 Å². The Bertz CT molecular complexity index is 959. The molecule has 2 heterocycles. The lowest BCUT2D eigenvalue weighted by Gasteiger charge is -2.26. The number of nitrogens with zero attached hydrogens (tertiary/aromatic N) is 3. The molecule has 0 atom stereocenters. The van der Waals surface area contributed by atoms with Crippen LogP contribution in [0.4, 0.5) is 0 Å². The van der Waals surface area contributed by atoms with E-state index < -0.39 is 16.0 Å². The van der Waals surface area contributed by atoms with Crippen LogP contribution in [0.25, 0.3) is 11.0 Å². The predicted octanol–water partition coefficient (Wildman–Crippen LogP) is 1.70. The molecule has 0 bridgehead atoms. The van der Waals surface area contributed by atoms with Crippen LogP contribution in [0.2, 0.25) is 0 Å². The van der Waals surface area contributed by atoms with Gasteiger partial charge in [0.1, 0.15) is 12.4 Å². The Morgan fingerprint density at radius 3 is 2.74 bits per heavy atom. The fourth-order valence-electron chi connectivity index (χ4n) is 3.04. The minimum atomic E-state index is -3.59. The van der Waals surface area contributed by atoms with Crippen molar-refractivity contribution < 1.29 is 22.7 Å². The van der Waals surface area contributed by atoms with Gasteiger partial charge >= 0.3 is 5.97 Å². The molecule has 1 aromatic carbocycles. The number of carbonyl (C=O) groups excluding carboxylic acids is 1. The molecule has 1 aliphatic heterocycles. The summed E-state index contributed by atoms with van der Waals surface area (Å²) in [5, 5.41) is 0. The zero-order valence-electron chi connectivity index (χ0n) is 15.4. The summed E-state index contributed by atoms with van der Waals surface area (Å²) in [4.78, 5) is 16.2. The van der Waals surface area contributed by atoms with E-state index in [2.05, 4.69) is 4.98 Å². The van der Waals surface area contributed by atoms with E-state index in [1.807, 2.05) is 11.5 Å². The number of morpholine rings is 1. The van der Waals surface area contributed by atoms with Gasteiger partial charge in [-0.25, -0.2) is 18.2 Å². The SMILES string of the molecule is C/C=C/C(=O)OCc1nc2cc(S(=O)(=O)N3CCOCC3)ccc2n1CC. The summed E-state index contributed by atoms with van der Waals surface area (Å²) >= 11 is 0. The molecule has 2 aromatic rings. The van der Waals surface area contributed by atoms with Crippen molar-refractivity contribution in [1.82, 2.24) is 13.9 Å². The van der Waals surface area contributed by atoms with Crippen molar-refractivity contribution in [3.8, 4) is 0 Å². The molecule has 0 saturated carbocycles. The first-order valence-corrected chi connectivity index (χ1v) is 10.3. The molecule has 0 unspecified atom stereocenters.